The van der Waals surface area contributed by atoms with E-state index in [0.29, 0.717) is 13.0 Å². The molecule has 0 aliphatic carbocycles. The van der Waals surface area contributed by atoms with Crippen molar-refractivity contribution in [2.24, 2.45) is 5.73 Å². The fourth-order valence-electron chi connectivity index (χ4n) is 1.75. The number of ether oxygens (including phenoxy) is 2. The number of hydrogen-bond donors (Lipinski definition) is 3. The molecule has 0 bridgehead atoms. The van der Waals surface area contributed by atoms with Crippen LogP contribution in [0, 0.1) is 0 Å². The number of esters is 1. The predicted molar refractivity (Wildman–Crippen MR) is 76.6 cm³/mol. The van der Waals surface area contributed by atoms with Crippen molar-refractivity contribution in [3.8, 4) is 0 Å². The van der Waals surface area contributed by atoms with E-state index < -0.39 is 35.6 Å². The standard InChI is InChI=1S/C11H20N2O4.C2H2O4/c1-11(2,3)17-10(15)13-6-7(12)5-8(13)9(14)16-4;3-1(4)2(5)6/h7-8H,5-6,12H2,1-4H3;(H,3,4)(H,5,6)/t7-,8+;/m0./s1. The van der Waals surface area contributed by atoms with Gasteiger partial charge < -0.3 is 25.4 Å². The highest BCUT2D eigenvalue weighted by atomic mass is 16.6. The molecule has 1 heterocycles. The van der Waals surface area contributed by atoms with Crippen molar-refractivity contribution in [3.63, 3.8) is 0 Å². The van der Waals surface area contributed by atoms with E-state index in [1.54, 1.807) is 20.8 Å². The van der Waals surface area contributed by atoms with Crippen LogP contribution in [0.3, 0.4) is 0 Å². The van der Waals surface area contributed by atoms with Gasteiger partial charge in [-0.3, -0.25) is 4.90 Å². The zero-order valence-electron chi connectivity index (χ0n) is 13.4. The second-order valence-corrected chi connectivity index (χ2v) is 5.78. The molecule has 1 rings (SSSR count). The van der Waals surface area contributed by atoms with Crippen LogP contribution >= 0.6 is 0 Å². The molecule has 0 saturated carbocycles. The summed E-state index contributed by atoms with van der Waals surface area (Å²) in [6.07, 6.45) is -0.118. The lowest BCUT2D eigenvalue weighted by Gasteiger charge is -2.27. The number of carboxylic acids is 2. The van der Waals surface area contributed by atoms with Crippen LogP contribution in [-0.2, 0) is 23.9 Å². The molecule has 0 aromatic rings. The molecule has 132 valence electrons. The van der Waals surface area contributed by atoms with Crippen molar-refractivity contribution in [1.82, 2.24) is 4.90 Å². The van der Waals surface area contributed by atoms with Crippen LogP contribution in [0.1, 0.15) is 27.2 Å². The van der Waals surface area contributed by atoms with E-state index in [9.17, 15) is 9.59 Å². The molecular weight excluding hydrogens is 312 g/mol. The van der Waals surface area contributed by atoms with Gasteiger partial charge in [-0.05, 0) is 27.2 Å². The van der Waals surface area contributed by atoms with Gasteiger partial charge in [0.25, 0.3) is 0 Å². The van der Waals surface area contributed by atoms with Gasteiger partial charge in [-0.2, -0.15) is 0 Å². The van der Waals surface area contributed by atoms with Crippen LogP contribution < -0.4 is 5.73 Å². The van der Waals surface area contributed by atoms with Crippen LogP contribution in [0.2, 0.25) is 0 Å². The monoisotopic (exact) mass is 334 g/mol. The lowest BCUT2D eigenvalue weighted by molar-refractivity contribution is -0.159. The third-order valence-corrected chi connectivity index (χ3v) is 2.62. The van der Waals surface area contributed by atoms with Crippen molar-refractivity contribution in [2.75, 3.05) is 13.7 Å². The Bertz CT molecular complexity index is 459. The molecule has 1 amide bonds. The zero-order valence-corrected chi connectivity index (χ0v) is 13.4. The summed E-state index contributed by atoms with van der Waals surface area (Å²) in [7, 11) is 1.29. The van der Waals surface area contributed by atoms with Crippen LogP contribution in [0.4, 0.5) is 4.79 Å². The second kappa shape index (κ2) is 8.32. The molecule has 1 saturated heterocycles. The Balaban J connectivity index is 0.000000688. The molecule has 0 aromatic carbocycles. The Morgan fingerprint density at radius 2 is 1.61 bits per heavy atom. The number of methoxy groups -OCH3 is 1. The minimum atomic E-state index is -1.82. The van der Waals surface area contributed by atoms with Crippen LogP contribution in [-0.4, -0.2) is 70.5 Å². The van der Waals surface area contributed by atoms with Gasteiger partial charge in [-0.15, -0.1) is 0 Å². The summed E-state index contributed by atoms with van der Waals surface area (Å²) in [6, 6.07) is -0.850. The third kappa shape index (κ3) is 7.45. The highest BCUT2D eigenvalue weighted by Crippen LogP contribution is 2.21. The Hall–Kier alpha value is -2.36. The Morgan fingerprint density at radius 1 is 1.13 bits per heavy atom. The summed E-state index contributed by atoms with van der Waals surface area (Å²) in [5.41, 5.74) is 5.16. The second-order valence-electron chi connectivity index (χ2n) is 5.78. The van der Waals surface area contributed by atoms with E-state index in [2.05, 4.69) is 4.74 Å². The van der Waals surface area contributed by atoms with Gasteiger partial charge in [0.05, 0.1) is 7.11 Å². The van der Waals surface area contributed by atoms with Gasteiger partial charge in [0.2, 0.25) is 0 Å². The van der Waals surface area contributed by atoms with E-state index in [1.165, 1.54) is 12.0 Å². The Labute approximate surface area is 133 Å². The molecule has 1 aliphatic rings. The van der Waals surface area contributed by atoms with Crippen molar-refractivity contribution < 1.29 is 38.9 Å². The fraction of sp³-hybridized carbons (Fsp3) is 0.692. The number of nitrogens with zero attached hydrogens (tertiary/aromatic N) is 1. The number of amides is 1. The molecule has 2 atom stereocenters. The van der Waals surface area contributed by atoms with Crippen LogP contribution in [0.15, 0.2) is 0 Å². The number of hydrogen-bond acceptors (Lipinski definition) is 7. The van der Waals surface area contributed by atoms with E-state index in [-0.39, 0.29) is 6.04 Å². The molecule has 1 fully saturated rings. The average Bonchev–Trinajstić information content (AvgIpc) is 2.78. The quantitative estimate of drug-likeness (QED) is 0.430. The first-order valence-electron chi connectivity index (χ1n) is 6.68. The summed E-state index contributed by atoms with van der Waals surface area (Å²) in [5.74, 6) is -4.10. The number of carboxylic acid groups (broad SMARTS) is 2. The average molecular weight is 334 g/mol. The smallest absolute Gasteiger partial charge is 0.414 e. The van der Waals surface area contributed by atoms with Crippen LogP contribution in [0.5, 0.6) is 0 Å². The highest BCUT2D eigenvalue weighted by Gasteiger charge is 2.40. The topological polar surface area (TPSA) is 156 Å². The van der Waals surface area contributed by atoms with Gasteiger partial charge in [0.15, 0.2) is 0 Å². The molecule has 23 heavy (non-hydrogen) atoms. The number of likely N-dealkylation sites (tertiary alicyclic amines) is 1. The van der Waals surface area contributed by atoms with Gasteiger partial charge in [-0.25, -0.2) is 19.2 Å². The lowest BCUT2D eigenvalue weighted by Crippen LogP contribution is -2.44. The molecule has 0 spiro atoms. The maximum absolute atomic E-state index is 11.9. The number of carbonyl (C=O) groups excluding carboxylic acids is 2. The van der Waals surface area contributed by atoms with E-state index in [1.807, 2.05) is 0 Å². The summed E-state index contributed by atoms with van der Waals surface area (Å²) >= 11 is 0. The van der Waals surface area contributed by atoms with Gasteiger partial charge >= 0.3 is 24.0 Å². The largest absolute Gasteiger partial charge is 0.473 e. The summed E-state index contributed by atoms with van der Waals surface area (Å²) in [4.78, 5) is 42.9. The fourth-order valence-corrected chi connectivity index (χ4v) is 1.75. The maximum Gasteiger partial charge on any atom is 0.414 e. The molecule has 0 radical (unpaired) electrons. The van der Waals surface area contributed by atoms with Crippen molar-refractivity contribution >= 4 is 24.0 Å². The Morgan fingerprint density at radius 3 is 1.96 bits per heavy atom. The number of aliphatic carboxylic acids is 2. The molecule has 4 N–H and O–H groups in total. The summed E-state index contributed by atoms with van der Waals surface area (Å²) in [6.45, 7) is 5.63. The van der Waals surface area contributed by atoms with Crippen molar-refractivity contribution in [2.45, 2.75) is 44.9 Å². The summed E-state index contributed by atoms with van der Waals surface area (Å²) < 4.78 is 9.87. The SMILES string of the molecule is COC(=O)[C@H]1C[C@H](N)CN1C(=O)OC(C)(C)C.O=C(O)C(=O)O. The minimum absolute atomic E-state index is 0.216. The predicted octanol–water partition coefficient (Wildman–Crippen LogP) is -0.348. The first-order valence-corrected chi connectivity index (χ1v) is 6.68. The maximum atomic E-state index is 11.9. The van der Waals surface area contributed by atoms with Crippen molar-refractivity contribution in [3.05, 3.63) is 0 Å². The summed E-state index contributed by atoms with van der Waals surface area (Å²) in [5, 5.41) is 14.8. The molecule has 1 aliphatic heterocycles. The number of nitrogens with two attached hydrogens (primary N) is 1. The Kier molecular flexibility index (Phi) is 7.47. The van der Waals surface area contributed by atoms with E-state index >= 15 is 0 Å². The molecule has 10 heteroatoms. The zero-order chi connectivity index (χ0) is 18.4. The van der Waals surface area contributed by atoms with Crippen LogP contribution in [0.25, 0.3) is 0 Å². The normalized spacial score (nSPS) is 20.1. The van der Waals surface area contributed by atoms with E-state index in [0.717, 1.165) is 0 Å². The van der Waals surface area contributed by atoms with Gasteiger partial charge in [0.1, 0.15) is 11.6 Å². The molecule has 0 aromatic heterocycles. The first-order chi connectivity index (χ1) is 10.4. The lowest BCUT2D eigenvalue weighted by atomic mass is 10.2. The first kappa shape index (κ1) is 20.6. The number of carbonyl (C=O) groups is 4. The van der Waals surface area contributed by atoms with Crippen molar-refractivity contribution in [1.29, 1.82) is 0 Å². The molecule has 10 nitrogen and oxygen atoms in total. The van der Waals surface area contributed by atoms with Gasteiger partial charge in [-0.1, -0.05) is 0 Å². The minimum Gasteiger partial charge on any atom is -0.473 e. The molecular formula is C13H22N2O8. The van der Waals surface area contributed by atoms with Gasteiger partial charge in [0, 0.05) is 12.6 Å². The number of rotatable bonds is 1. The van der Waals surface area contributed by atoms with E-state index in [4.69, 9.17) is 30.3 Å². The molecule has 0 unspecified atom stereocenters. The highest BCUT2D eigenvalue weighted by molar-refractivity contribution is 6.27. The third-order valence-electron chi connectivity index (χ3n) is 2.62.